The molecule has 0 bridgehead atoms. The predicted octanol–water partition coefficient (Wildman–Crippen LogP) is 1.48. The van der Waals surface area contributed by atoms with Crippen LogP contribution in [0.4, 0.5) is 0 Å². The molecule has 1 aliphatic rings. The first-order valence-electron chi connectivity index (χ1n) is 8.05. The summed E-state index contributed by atoms with van der Waals surface area (Å²) in [6.45, 7) is 9.22. The van der Waals surface area contributed by atoms with Crippen LogP contribution in [0.25, 0.3) is 0 Å². The molecule has 0 aliphatic carbocycles. The molecular formula is C15H30N4O2. The van der Waals surface area contributed by atoms with Gasteiger partial charge in [-0.25, -0.2) is 0 Å². The summed E-state index contributed by atoms with van der Waals surface area (Å²) in [6, 6.07) is -0.0229. The molecule has 1 rings (SSSR count). The van der Waals surface area contributed by atoms with Crippen molar-refractivity contribution in [2.24, 2.45) is 16.8 Å². The second-order valence-electron chi connectivity index (χ2n) is 5.88. The molecule has 0 aromatic heterocycles. The van der Waals surface area contributed by atoms with Gasteiger partial charge in [0.05, 0.1) is 6.04 Å². The first kappa shape index (κ1) is 17.8. The average Bonchev–Trinajstić information content (AvgIpc) is 2.51. The number of hydrogen-bond acceptors (Lipinski definition) is 4. The van der Waals surface area contributed by atoms with E-state index >= 15 is 0 Å². The van der Waals surface area contributed by atoms with Crippen molar-refractivity contribution >= 4 is 11.7 Å². The van der Waals surface area contributed by atoms with Gasteiger partial charge >= 0.3 is 0 Å². The van der Waals surface area contributed by atoms with Gasteiger partial charge < -0.3 is 15.8 Å². The van der Waals surface area contributed by atoms with Crippen molar-refractivity contribution in [3.05, 3.63) is 0 Å². The number of amides is 1. The number of amidine groups is 1. The number of nitrogens with zero attached hydrogens (tertiary/aromatic N) is 3. The molecule has 0 aromatic rings. The fourth-order valence-electron chi connectivity index (χ4n) is 2.98. The van der Waals surface area contributed by atoms with Crippen LogP contribution in [0.1, 0.15) is 46.5 Å². The quantitative estimate of drug-likeness (QED) is 0.323. The number of carbonyl (C=O) groups excluding carboxylic acids is 1. The van der Waals surface area contributed by atoms with Crippen molar-refractivity contribution in [3.8, 4) is 0 Å². The molecule has 0 spiro atoms. The van der Waals surface area contributed by atoms with Crippen molar-refractivity contribution in [2.75, 3.05) is 26.2 Å². The van der Waals surface area contributed by atoms with Gasteiger partial charge in [-0.15, -0.1) is 0 Å². The molecule has 1 saturated heterocycles. The van der Waals surface area contributed by atoms with Crippen molar-refractivity contribution in [1.29, 1.82) is 0 Å². The van der Waals surface area contributed by atoms with Crippen LogP contribution in [0.3, 0.4) is 0 Å². The number of carbonyl (C=O) groups is 1. The van der Waals surface area contributed by atoms with E-state index in [-0.39, 0.29) is 23.7 Å². The summed E-state index contributed by atoms with van der Waals surface area (Å²) < 4.78 is 0. The van der Waals surface area contributed by atoms with Crippen molar-refractivity contribution in [3.63, 3.8) is 0 Å². The lowest BCUT2D eigenvalue weighted by atomic mass is 10.0. The normalized spacial score (nSPS) is 20.3. The van der Waals surface area contributed by atoms with Crippen LogP contribution >= 0.6 is 0 Å². The summed E-state index contributed by atoms with van der Waals surface area (Å²) in [4.78, 5) is 16.5. The van der Waals surface area contributed by atoms with E-state index in [0.717, 1.165) is 51.9 Å². The molecule has 122 valence electrons. The maximum Gasteiger partial charge on any atom is 0.225 e. The third-order valence-corrected chi connectivity index (χ3v) is 4.23. The molecule has 6 nitrogen and oxygen atoms in total. The fourth-order valence-corrected chi connectivity index (χ4v) is 2.98. The van der Waals surface area contributed by atoms with Crippen molar-refractivity contribution in [1.82, 2.24) is 9.80 Å². The Morgan fingerprint density at radius 2 is 1.76 bits per heavy atom. The first-order chi connectivity index (χ1) is 10.0. The summed E-state index contributed by atoms with van der Waals surface area (Å²) in [5.74, 6) is 0.639. The molecule has 0 aromatic carbocycles. The lowest BCUT2D eigenvalue weighted by Crippen LogP contribution is -2.55. The van der Waals surface area contributed by atoms with Crippen LogP contribution in [-0.4, -0.2) is 59.0 Å². The Morgan fingerprint density at radius 1 is 1.19 bits per heavy atom. The lowest BCUT2D eigenvalue weighted by molar-refractivity contribution is -0.137. The number of rotatable bonds is 7. The summed E-state index contributed by atoms with van der Waals surface area (Å²) in [5, 5.41) is 12.1. The number of piperazine rings is 1. The molecule has 0 radical (unpaired) electrons. The van der Waals surface area contributed by atoms with Crippen molar-refractivity contribution in [2.45, 2.75) is 52.5 Å². The molecule has 1 heterocycles. The van der Waals surface area contributed by atoms with Crippen LogP contribution in [0, 0.1) is 5.92 Å². The zero-order chi connectivity index (χ0) is 15.8. The van der Waals surface area contributed by atoms with Crippen LogP contribution in [0.5, 0.6) is 0 Å². The molecular weight excluding hydrogens is 268 g/mol. The van der Waals surface area contributed by atoms with Gasteiger partial charge in [0.15, 0.2) is 5.84 Å². The summed E-state index contributed by atoms with van der Waals surface area (Å²) >= 11 is 0. The van der Waals surface area contributed by atoms with Gasteiger partial charge in [0, 0.05) is 32.1 Å². The number of nitrogens with two attached hydrogens (primary N) is 1. The second kappa shape index (κ2) is 8.87. The molecule has 0 saturated carbocycles. The second-order valence-corrected chi connectivity index (χ2v) is 5.88. The fraction of sp³-hybridized carbons (Fsp3) is 0.867. The van der Waals surface area contributed by atoms with Crippen LogP contribution in [-0.2, 0) is 4.79 Å². The Kier molecular flexibility index (Phi) is 7.50. The minimum atomic E-state index is -0.0229. The minimum Gasteiger partial charge on any atom is -0.409 e. The number of hydrogen-bond donors (Lipinski definition) is 2. The Hall–Kier alpha value is -1.30. The smallest absolute Gasteiger partial charge is 0.225 e. The van der Waals surface area contributed by atoms with Gasteiger partial charge in [-0.2, -0.15) is 0 Å². The summed E-state index contributed by atoms with van der Waals surface area (Å²) in [7, 11) is 0. The molecule has 2 atom stereocenters. The third kappa shape index (κ3) is 4.88. The van der Waals surface area contributed by atoms with Gasteiger partial charge in [-0.05, 0) is 12.8 Å². The Labute approximate surface area is 128 Å². The van der Waals surface area contributed by atoms with Crippen LogP contribution in [0.2, 0.25) is 0 Å². The molecule has 1 fully saturated rings. The lowest BCUT2D eigenvalue weighted by Gasteiger charge is -2.39. The third-order valence-electron chi connectivity index (χ3n) is 4.23. The van der Waals surface area contributed by atoms with Gasteiger partial charge in [0.25, 0.3) is 0 Å². The predicted molar refractivity (Wildman–Crippen MR) is 84.3 cm³/mol. The molecule has 6 heteroatoms. The zero-order valence-electron chi connectivity index (χ0n) is 13.6. The highest BCUT2D eigenvalue weighted by molar-refractivity contribution is 5.85. The van der Waals surface area contributed by atoms with E-state index in [9.17, 15) is 4.79 Å². The topological polar surface area (TPSA) is 82.2 Å². The molecule has 3 N–H and O–H groups in total. The maximum atomic E-state index is 12.3. The summed E-state index contributed by atoms with van der Waals surface area (Å²) in [6.07, 6.45) is 3.83. The van der Waals surface area contributed by atoms with E-state index in [1.54, 1.807) is 0 Å². The SMILES string of the molecule is CCCC(C)C(=O)N1CCN(C(CCC)C(N)=NO)CC1. The number of oxime groups is 1. The average molecular weight is 298 g/mol. The largest absolute Gasteiger partial charge is 0.409 e. The van der Waals surface area contributed by atoms with Gasteiger partial charge in [0.2, 0.25) is 5.91 Å². The van der Waals surface area contributed by atoms with Gasteiger partial charge in [-0.3, -0.25) is 9.69 Å². The van der Waals surface area contributed by atoms with E-state index in [2.05, 4.69) is 23.9 Å². The van der Waals surface area contributed by atoms with Gasteiger partial charge in [0.1, 0.15) is 0 Å². The monoisotopic (exact) mass is 298 g/mol. The van der Waals surface area contributed by atoms with Crippen LogP contribution in [0.15, 0.2) is 5.16 Å². The molecule has 1 aliphatic heterocycles. The highest BCUT2D eigenvalue weighted by Gasteiger charge is 2.29. The Bertz CT molecular complexity index is 352. The highest BCUT2D eigenvalue weighted by Crippen LogP contribution is 2.15. The van der Waals surface area contributed by atoms with E-state index in [1.165, 1.54) is 0 Å². The highest BCUT2D eigenvalue weighted by atomic mass is 16.4. The molecule has 2 unspecified atom stereocenters. The van der Waals surface area contributed by atoms with Crippen LogP contribution < -0.4 is 5.73 Å². The van der Waals surface area contributed by atoms with E-state index in [4.69, 9.17) is 10.9 Å². The maximum absolute atomic E-state index is 12.3. The Balaban J connectivity index is 2.55. The first-order valence-corrected chi connectivity index (χ1v) is 8.05. The molecule has 1 amide bonds. The molecule has 21 heavy (non-hydrogen) atoms. The minimum absolute atomic E-state index is 0.0229. The standard InChI is InChI=1S/C15H30N4O2/c1-4-6-12(3)15(20)19-10-8-18(9-11-19)13(7-5-2)14(16)17-21/h12-13,21H,4-11H2,1-3H3,(H2,16,17). The van der Waals surface area contributed by atoms with E-state index in [1.807, 2.05) is 11.8 Å². The van der Waals surface area contributed by atoms with E-state index in [0.29, 0.717) is 0 Å². The zero-order valence-corrected chi connectivity index (χ0v) is 13.6. The van der Waals surface area contributed by atoms with E-state index < -0.39 is 0 Å². The Morgan fingerprint density at radius 3 is 2.24 bits per heavy atom. The van der Waals surface area contributed by atoms with Gasteiger partial charge in [-0.1, -0.05) is 38.8 Å². The van der Waals surface area contributed by atoms with Crippen molar-refractivity contribution < 1.29 is 10.0 Å². The summed E-state index contributed by atoms with van der Waals surface area (Å²) in [5.41, 5.74) is 5.79.